The maximum absolute atomic E-state index is 11.9. The zero-order valence-corrected chi connectivity index (χ0v) is 11.3. The van der Waals surface area contributed by atoms with E-state index in [9.17, 15) is 18.0 Å². The number of aliphatic carboxylic acids is 1. The summed E-state index contributed by atoms with van der Waals surface area (Å²) in [6.07, 6.45) is -0.374. The Morgan fingerprint density at radius 1 is 1.30 bits per heavy atom. The van der Waals surface area contributed by atoms with Gasteiger partial charge >= 0.3 is 11.9 Å². The van der Waals surface area contributed by atoms with Gasteiger partial charge in [-0.15, -0.1) is 0 Å². The van der Waals surface area contributed by atoms with Crippen molar-refractivity contribution < 1.29 is 33.0 Å². The van der Waals surface area contributed by atoms with E-state index < -0.39 is 22.0 Å². The highest BCUT2D eigenvalue weighted by Crippen LogP contribution is 2.22. The number of hydrogen-bond donors (Lipinski definition) is 3. The van der Waals surface area contributed by atoms with Crippen LogP contribution in [0.2, 0.25) is 0 Å². The Morgan fingerprint density at radius 2 is 1.95 bits per heavy atom. The first-order valence-corrected chi connectivity index (χ1v) is 6.89. The molecule has 1 aromatic rings. The molecule has 8 nitrogen and oxygen atoms in total. The first kappa shape index (κ1) is 15.9. The number of carbonyl (C=O) groups is 2. The van der Waals surface area contributed by atoms with Gasteiger partial charge in [-0.05, 0) is 18.2 Å². The second-order valence-corrected chi connectivity index (χ2v) is 5.48. The number of aromatic carboxylic acids is 1. The summed E-state index contributed by atoms with van der Waals surface area (Å²) in [4.78, 5) is 21.0. The van der Waals surface area contributed by atoms with Crippen LogP contribution in [0.25, 0.3) is 0 Å². The Bertz CT molecular complexity index is 624. The molecule has 110 valence electrons. The Hall–Kier alpha value is -2.13. The lowest BCUT2D eigenvalue weighted by Crippen LogP contribution is -2.26. The summed E-state index contributed by atoms with van der Waals surface area (Å²) in [7, 11) is -2.70. The molecule has 0 aliphatic heterocycles. The van der Waals surface area contributed by atoms with E-state index in [2.05, 4.69) is 4.72 Å². The molecule has 0 fully saturated rings. The molecule has 0 atom stereocenters. The number of nitrogens with one attached hydrogen (secondary N) is 1. The molecule has 3 N–H and O–H groups in total. The number of carboxylic acid groups (broad SMARTS) is 2. The molecular weight excluding hydrogens is 290 g/mol. The van der Waals surface area contributed by atoms with Crippen molar-refractivity contribution in [3.05, 3.63) is 23.8 Å². The van der Waals surface area contributed by atoms with Gasteiger partial charge in [-0.2, -0.15) is 0 Å². The number of methoxy groups -OCH3 is 1. The molecule has 0 heterocycles. The van der Waals surface area contributed by atoms with Gasteiger partial charge in [-0.3, -0.25) is 4.79 Å². The summed E-state index contributed by atoms with van der Waals surface area (Å²) in [6, 6.07) is 3.34. The van der Waals surface area contributed by atoms with Crippen molar-refractivity contribution in [3.8, 4) is 5.75 Å². The highest BCUT2D eigenvalue weighted by molar-refractivity contribution is 7.89. The maximum atomic E-state index is 11.9. The van der Waals surface area contributed by atoms with Crippen LogP contribution in [-0.4, -0.2) is 44.2 Å². The zero-order chi connectivity index (χ0) is 15.3. The number of carboxylic acids is 2. The fourth-order valence-corrected chi connectivity index (χ4v) is 2.45. The van der Waals surface area contributed by atoms with Crippen molar-refractivity contribution >= 4 is 22.0 Å². The van der Waals surface area contributed by atoms with Crippen LogP contribution >= 0.6 is 0 Å². The molecule has 9 heteroatoms. The molecule has 0 unspecified atom stereocenters. The SMILES string of the molecule is COc1ccc(S(=O)(=O)NCCC(=O)O)cc1C(=O)O. The predicted octanol–water partition coefficient (Wildman–Crippen LogP) is 0.146. The largest absolute Gasteiger partial charge is 0.496 e. The molecule has 0 spiro atoms. The third-order valence-electron chi connectivity index (χ3n) is 2.34. The van der Waals surface area contributed by atoms with Crippen molar-refractivity contribution in [2.75, 3.05) is 13.7 Å². The smallest absolute Gasteiger partial charge is 0.339 e. The second-order valence-electron chi connectivity index (χ2n) is 3.71. The summed E-state index contributed by atoms with van der Waals surface area (Å²) in [5.74, 6) is -2.44. The van der Waals surface area contributed by atoms with Gasteiger partial charge in [0.15, 0.2) is 0 Å². The summed E-state index contributed by atoms with van der Waals surface area (Å²) in [5, 5.41) is 17.4. The Labute approximate surface area is 115 Å². The molecule has 1 rings (SSSR count). The molecule has 1 aromatic carbocycles. The van der Waals surface area contributed by atoms with E-state index in [0.717, 1.165) is 6.07 Å². The van der Waals surface area contributed by atoms with Crippen LogP contribution in [0.15, 0.2) is 23.1 Å². The average molecular weight is 303 g/mol. The van der Waals surface area contributed by atoms with Crippen LogP contribution in [0.5, 0.6) is 5.75 Å². The second kappa shape index (κ2) is 6.35. The standard InChI is InChI=1S/C11H13NO7S/c1-19-9-3-2-7(6-8(9)11(15)16)20(17,18)12-5-4-10(13)14/h2-3,6,12H,4-5H2,1H3,(H,13,14)(H,15,16). The Morgan fingerprint density at radius 3 is 2.45 bits per heavy atom. The molecule has 0 amide bonds. The van der Waals surface area contributed by atoms with Crippen molar-refractivity contribution in [1.82, 2.24) is 4.72 Å². The van der Waals surface area contributed by atoms with Crippen LogP contribution in [0.1, 0.15) is 16.8 Å². The van der Waals surface area contributed by atoms with Gasteiger partial charge in [-0.25, -0.2) is 17.9 Å². The van der Waals surface area contributed by atoms with E-state index >= 15 is 0 Å². The highest BCUT2D eigenvalue weighted by Gasteiger charge is 2.19. The van der Waals surface area contributed by atoms with Crippen LogP contribution in [-0.2, 0) is 14.8 Å². The van der Waals surface area contributed by atoms with E-state index in [1.165, 1.54) is 19.2 Å². The van der Waals surface area contributed by atoms with E-state index in [1.807, 2.05) is 0 Å². The topological polar surface area (TPSA) is 130 Å². The fourth-order valence-electron chi connectivity index (χ4n) is 1.40. The lowest BCUT2D eigenvalue weighted by atomic mass is 10.2. The van der Waals surface area contributed by atoms with Gasteiger partial charge in [-0.1, -0.05) is 0 Å². The Kier molecular flexibility index (Phi) is 5.06. The lowest BCUT2D eigenvalue weighted by molar-refractivity contribution is -0.136. The molecule has 0 aliphatic rings. The Balaban J connectivity index is 3.04. The quantitative estimate of drug-likeness (QED) is 0.653. The number of benzene rings is 1. The minimum absolute atomic E-state index is 0.0296. The van der Waals surface area contributed by atoms with Crippen molar-refractivity contribution in [3.63, 3.8) is 0 Å². The van der Waals surface area contributed by atoms with Gasteiger partial charge in [0.25, 0.3) is 0 Å². The normalized spacial score (nSPS) is 11.1. The van der Waals surface area contributed by atoms with E-state index in [0.29, 0.717) is 0 Å². The number of hydrogen-bond acceptors (Lipinski definition) is 5. The number of sulfonamides is 1. The highest BCUT2D eigenvalue weighted by atomic mass is 32.2. The monoisotopic (exact) mass is 303 g/mol. The third kappa shape index (κ3) is 3.93. The average Bonchev–Trinajstić information content (AvgIpc) is 2.37. The van der Waals surface area contributed by atoms with Crippen LogP contribution in [0.4, 0.5) is 0 Å². The van der Waals surface area contributed by atoms with Crippen molar-refractivity contribution in [1.29, 1.82) is 0 Å². The lowest BCUT2D eigenvalue weighted by Gasteiger charge is -2.09. The van der Waals surface area contributed by atoms with Crippen molar-refractivity contribution in [2.45, 2.75) is 11.3 Å². The predicted molar refractivity (Wildman–Crippen MR) is 67.4 cm³/mol. The van der Waals surface area contributed by atoms with E-state index in [-0.39, 0.29) is 29.2 Å². The zero-order valence-electron chi connectivity index (χ0n) is 10.5. The molecule has 0 saturated carbocycles. The van der Waals surface area contributed by atoms with Crippen LogP contribution in [0.3, 0.4) is 0 Å². The van der Waals surface area contributed by atoms with Gasteiger partial charge in [0.1, 0.15) is 11.3 Å². The fraction of sp³-hybridized carbons (Fsp3) is 0.273. The number of ether oxygens (including phenoxy) is 1. The summed E-state index contributed by atoms with van der Waals surface area (Å²) < 4.78 is 30.6. The molecule has 0 aromatic heterocycles. The maximum Gasteiger partial charge on any atom is 0.339 e. The summed E-state index contributed by atoms with van der Waals surface area (Å²) in [6.45, 7) is -0.286. The molecule has 0 aliphatic carbocycles. The molecular formula is C11H13NO7S. The van der Waals surface area contributed by atoms with Gasteiger partial charge in [0.2, 0.25) is 10.0 Å². The summed E-state index contributed by atoms with van der Waals surface area (Å²) >= 11 is 0. The van der Waals surface area contributed by atoms with E-state index in [1.54, 1.807) is 0 Å². The molecule has 0 bridgehead atoms. The minimum Gasteiger partial charge on any atom is -0.496 e. The van der Waals surface area contributed by atoms with Crippen LogP contribution < -0.4 is 9.46 Å². The first-order chi connectivity index (χ1) is 9.27. The number of rotatable bonds is 7. The van der Waals surface area contributed by atoms with Gasteiger partial charge in [0, 0.05) is 6.54 Å². The molecule has 0 saturated heterocycles. The summed E-state index contributed by atoms with van der Waals surface area (Å²) in [5.41, 5.74) is -0.298. The van der Waals surface area contributed by atoms with Crippen LogP contribution in [0, 0.1) is 0 Å². The first-order valence-electron chi connectivity index (χ1n) is 5.40. The van der Waals surface area contributed by atoms with Gasteiger partial charge in [0.05, 0.1) is 18.4 Å². The van der Waals surface area contributed by atoms with Crippen molar-refractivity contribution in [2.24, 2.45) is 0 Å². The molecule has 20 heavy (non-hydrogen) atoms. The van der Waals surface area contributed by atoms with E-state index in [4.69, 9.17) is 14.9 Å². The third-order valence-corrected chi connectivity index (χ3v) is 3.80. The minimum atomic E-state index is -3.97. The molecule has 0 radical (unpaired) electrons. The van der Waals surface area contributed by atoms with Gasteiger partial charge < -0.3 is 14.9 Å².